The summed E-state index contributed by atoms with van der Waals surface area (Å²) in [6.45, 7) is 0.788. The monoisotopic (exact) mass is 262 g/mol. The van der Waals surface area contributed by atoms with Crippen molar-refractivity contribution in [1.82, 2.24) is 4.98 Å². The number of aromatic nitrogens is 1. The molecule has 0 amide bonds. The first-order valence-electron chi connectivity index (χ1n) is 5.64. The van der Waals surface area contributed by atoms with Gasteiger partial charge in [-0.2, -0.15) is 0 Å². The zero-order chi connectivity index (χ0) is 13.0. The maximum absolute atomic E-state index is 5.76. The number of hydrogen-bond donors (Lipinski definition) is 0. The average Bonchev–Trinajstić information content (AvgIpc) is 2.41. The lowest BCUT2D eigenvalue weighted by atomic mass is 10.2. The Balaban J connectivity index is 2.06. The van der Waals surface area contributed by atoms with Gasteiger partial charge in [0.2, 0.25) is 0 Å². The van der Waals surface area contributed by atoms with Crippen molar-refractivity contribution < 1.29 is 4.74 Å². The van der Waals surface area contributed by atoms with E-state index < -0.39 is 0 Å². The van der Waals surface area contributed by atoms with Gasteiger partial charge in [-0.25, -0.2) is 4.98 Å². The molecule has 0 aliphatic carbocycles. The molecule has 3 nitrogen and oxygen atoms in total. The van der Waals surface area contributed by atoms with Gasteiger partial charge in [-0.3, -0.25) is 0 Å². The second-order valence-corrected chi connectivity index (χ2v) is 4.43. The van der Waals surface area contributed by atoms with Crippen molar-refractivity contribution in [3.63, 3.8) is 0 Å². The molecule has 1 aromatic heterocycles. The van der Waals surface area contributed by atoms with Gasteiger partial charge in [0.1, 0.15) is 10.9 Å². The molecule has 1 heterocycles. The quantitative estimate of drug-likeness (QED) is 0.790. The fourth-order valence-electron chi connectivity index (χ4n) is 1.70. The summed E-state index contributed by atoms with van der Waals surface area (Å²) in [5.41, 5.74) is 2.25. The molecule has 94 valence electrons. The summed E-state index contributed by atoms with van der Waals surface area (Å²) >= 11 is 5.76. The molecule has 0 radical (unpaired) electrons. The molecule has 2 rings (SSSR count). The molecule has 0 saturated heterocycles. The number of ether oxygens (including phenoxy) is 1. The predicted molar refractivity (Wildman–Crippen MR) is 74.3 cm³/mol. The fraction of sp³-hybridized carbons (Fsp3) is 0.214. The van der Waals surface area contributed by atoms with Gasteiger partial charge in [-0.15, -0.1) is 0 Å². The first-order chi connectivity index (χ1) is 8.69. The summed E-state index contributed by atoms with van der Waals surface area (Å²) in [6.07, 6.45) is 1.79. The number of rotatable bonds is 4. The lowest BCUT2D eigenvalue weighted by Crippen LogP contribution is -2.16. The molecule has 0 bridgehead atoms. The van der Waals surface area contributed by atoms with Gasteiger partial charge >= 0.3 is 0 Å². The minimum absolute atomic E-state index is 0.519. The highest BCUT2D eigenvalue weighted by Crippen LogP contribution is 2.19. The van der Waals surface area contributed by atoms with Gasteiger partial charge in [0.15, 0.2) is 0 Å². The van der Waals surface area contributed by atoms with E-state index in [0.29, 0.717) is 5.15 Å². The highest BCUT2D eigenvalue weighted by molar-refractivity contribution is 6.29. The fourth-order valence-corrected chi connectivity index (χ4v) is 1.81. The highest BCUT2D eigenvalue weighted by Gasteiger charge is 2.03. The number of hydrogen-bond acceptors (Lipinski definition) is 3. The van der Waals surface area contributed by atoms with Crippen LogP contribution in [0.2, 0.25) is 5.15 Å². The van der Waals surface area contributed by atoms with Gasteiger partial charge in [0.25, 0.3) is 0 Å². The van der Waals surface area contributed by atoms with Crippen LogP contribution >= 0.6 is 11.6 Å². The van der Waals surface area contributed by atoms with Crippen LogP contribution in [-0.4, -0.2) is 19.1 Å². The van der Waals surface area contributed by atoms with Crippen LogP contribution in [0.1, 0.15) is 5.56 Å². The normalized spacial score (nSPS) is 10.2. The first-order valence-corrected chi connectivity index (χ1v) is 6.02. The largest absolute Gasteiger partial charge is 0.497 e. The van der Waals surface area contributed by atoms with E-state index in [2.05, 4.69) is 9.88 Å². The first kappa shape index (κ1) is 12.7. The Hall–Kier alpha value is -1.74. The molecule has 18 heavy (non-hydrogen) atoms. The van der Waals surface area contributed by atoms with E-state index >= 15 is 0 Å². The molecule has 2 aromatic rings. The molecule has 0 saturated carbocycles. The zero-order valence-corrected chi connectivity index (χ0v) is 11.2. The van der Waals surface area contributed by atoms with Crippen molar-refractivity contribution in [3.05, 3.63) is 53.3 Å². The zero-order valence-electron chi connectivity index (χ0n) is 10.4. The lowest BCUT2D eigenvalue weighted by Gasteiger charge is -2.19. The van der Waals surface area contributed by atoms with Crippen LogP contribution in [0.3, 0.4) is 0 Å². The van der Waals surface area contributed by atoms with E-state index in [9.17, 15) is 0 Å². The summed E-state index contributed by atoms with van der Waals surface area (Å²) in [6, 6.07) is 11.7. The lowest BCUT2D eigenvalue weighted by molar-refractivity contribution is 0.415. The van der Waals surface area contributed by atoms with Crippen LogP contribution in [0.25, 0.3) is 0 Å². The standard InChI is InChI=1S/C14H15ClN2O/c1-17(10-11-3-8-14(15)16-9-11)12-4-6-13(18-2)7-5-12/h3-9H,10H2,1-2H3. The number of benzene rings is 1. The number of nitrogens with zero attached hydrogens (tertiary/aromatic N) is 2. The van der Waals surface area contributed by atoms with Crippen LogP contribution in [-0.2, 0) is 6.54 Å². The molecule has 0 aliphatic heterocycles. The molecule has 0 N–H and O–H groups in total. The van der Waals surface area contributed by atoms with E-state index in [4.69, 9.17) is 16.3 Å². The topological polar surface area (TPSA) is 25.4 Å². The third-order valence-electron chi connectivity index (χ3n) is 2.72. The molecule has 0 spiro atoms. The van der Waals surface area contributed by atoms with Crippen molar-refractivity contribution in [1.29, 1.82) is 0 Å². The summed E-state index contributed by atoms with van der Waals surface area (Å²) in [4.78, 5) is 6.22. The van der Waals surface area contributed by atoms with E-state index in [1.54, 1.807) is 19.4 Å². The Morgan fingerprint density at radius 2 is 1.89 bits per heavy atom. The van der Waals surface area contributed by atoms with Gasteiger partial charge in [-0.05, 0) is 35.9 Å². The van der Waals surface area contributed by atoms with E-state index in [0.717, 1.165) is 23.5 Å². The van der Waals surface area contributed by atoms with Crippen LogP contribution in [0.4, 0.5) is 5.69 Å². The number of methoxy groups -OCH3 is 1. The van der Waals surface area contributed by atoms with E-state index in [1.807, 2.05) is 37.4 Å². The van der Waals surface area contributed by atoms with Crippen LogP contribution < -0.4 is 9.64 Å². The van der Waals surface area contributed by atoms with Crippen molar-refractivity contribution >= 4 is 17.3 Å². The number of pyridine rings is 1. The Kier molecular flexibility index (Phi) is 4.05. The van der Waals surface area contributed by atoms with Crippen molar-refractivity contribution in [3.8, 4) is 5.75 Å². The second-order valence-electron chi connectivity index (χ2n) is 4.04. The molecule has 0 atom stereocenters. The van der Waals surface area contributed by atoms with Gasteiger partial charge in [0.05, 0.1) is 7.11 Å². The molecule has 1 aromatic carbocycles. The molecule has 0 unspecified atom stereocenters. The third kappa shape index (κ3) is 3.14. The third-order valence-corrected chi connectivity index (χ3v) is 2.95. The summed E-state index contributed by atoms with van der Waals surface area (Å²) < 4.78 is 5.14. The SMILES string of the molecule is COc1ccc(N(C)Cc2ccc(Cl)nc2)cc1. The van der Waals surface area contributed by atoms with Crippen molar-refractivity contribution in [2.24, 2.45) is 0 Å². The van der Waals surface area contributed by atoms with Crippen molar-refractivity contribution in [2.75, 3.05) is 19.1 Å². The summed E-state index contributed by atoms with van der Waals surface area (Å²) in [5.74, 6) is 0.861. The maximum atomic E-state index is 5.76. The smallest absolute Gasteiger partial charge is 0.129 e. The second kappa shape index (κ2) is 5.74. The molecule has 0 fully saturated rings. The maximum Gasteiger partial charge on any atom is 0.129 e. The molecular weight excluding hydrogens is 248 g/mol. The Labute approximate surface area is 112 Å². The van der Waals surface area contributed by atoms with Crippen LogP contribution in [0.5, 0.6) is 5.75 Å². The Morgan fingerprint density at radius 3 is 2.44 bits per heavy atom. The Bertz CT molecular complexity index is 496. The highest BCUT2D eigenvalue weighted by atomic mass is 35.5. The number of halogens is 1. The van der Waals surface area contributed by atoms with E-state index in [1.165, 1.54) is 0 Å². The van der Waals surface area contributed by atoms with Crippen molar-refractivity contribution in [2.45, 2.75) is 6.54 Å². The Morgan fingerprint density at radius 1 is 1.17 bits per heavy atom. The molecule has 4 heteroatoms. The summed E-state index contributed by atoms with van der Waals surface area (Å²) in [7, 11) is 3.70. The van der Waals surface area contributed by atoms with Crippen LogP contribution in [0.15, 0.2) is 42.6 Å². The van der Waals surface area contributed by atoms with Gasteiger partial charge < -0.3 is 9.64 Å². The number of anilines is 1. The molecule has 0 aliphatic rings. The predicted octanol–water partition coefficient (Wildman–Crippen LogP) is 3.38. The van der Waals surface area contributed by atoms with Gasteiger partial charge in [0, 0.05) is 25.5 Å². The molecular formula is C14H15ClN2O. The van der Waals surface area contributed by atoms with E-state index in [-0.39, 0.29) is 0 Å². The minimum atomic E-state index is 0.519. The minimum Gasteiger partial charge on any atom is -0.497 e. The van der Waals surface area contributed by atoms with Gasteiger partial charge in [-0.1, -0.05) is 17.7 Å². The average molecular weight is 263 g/mol. The summed E-state index contributed by atoms with van der Waals surface area (Å²) in [5, 5.41) is 0.519. The van der Waals surface area contributed by atoms with Crippen LogP contribution in [0, 0.1) is 0 Å².